The Morgan fingerprint density at radius 3 is 1.12 bits per heavy atom. The zero-order valence-electron chi connectivity index (χ0n) is 30.4. The van der Waals surface area contributed by atoms with E-state index in [2.05, 4.69) is 200 Å². The van der Waals surface area contributed by atoms with Gasteiger partial charge in [0.2, 0.25) is 0 Å². The van der Waals surface area contributed by atoms with Crippen LogP contribution in [-0.4, -0.2) is 15.0 Å². The van der Waals surface area contributed by atoms with E-state index in [1.807, 2.05) is 0 Å². The highest BCUT2D eigenvalue weighted by Crippen LogP contribution is 2.35. The number of aromatic nitrogens is 3. The van der Waals surface area contributed by atoms with E-state index in [0.717, 1.165) is 38.6 Å². The molecule has 0 radical (unpaired) electrons. The van der Waals surface area contributed by atoms with Crippen LogP contribution >= 0.6 is 0 Å². The molecule has 1 heterocycles. The number of rotatable bonds is 5. The molecule has 0 saturated carbocycles. The van der Waals surface area contributed by atoms with Gasteiger partial charge in [-0.3, -0.25) is 0 Å². The van der Waals surface area contributed by atoms with Crippen LogP contribution in [0.3, 0.4) is 0 Å². The Morgan fingerprint density at radius 2 is 0.554 bits per heavy atom. The normalized spacial score (nSPS) is 11.6. The second-order valence-corrected chi connectivity index (χ2v) is 14.5. The largest absolute Gasteiger partial charge is 0.208 e. The average Bonchev–Trinajstić information content (AvgIpc) is 3.28. The number of hydrogen-bond donors (Lipinski definition) is 0. The summed E-state index contributed by atoms with van der Waals surface area (Å²) in [5.74, 6) is 1.92. The average molecular weight is 712 g/mol. The summed E-state index contributed by atoms with van der Waals surface area (Å²) in [5.41, 5.74) is 7.52. The lowest BCUT2D eigenvalue weighted by Crippen LogP contribution is -2.00. The molecular formula is C53H33N3. The summed E-state index contributed by atoms with van der Waals surface area (Å²) in [5, 5.41) is 12.1. The van der Waals surface area contributed by atoms with Crippen molar-refractivity contribution in [3.8, 4) is 56.4 Å². The molecule has 0 atom stereocenters. The molecule has 1 aromatic heterocycles. The van der Waals surface area contributed by atoms with Crippen LogP contribution in [0.2, 0.25) is 0 Å². The number of fused-ring (bicyclic) bond motifs is 7. The van der Waals surface area contributed by atoms with Crippen molar-refractivity contribution in [2.45, 2.75) is 0 Å². The lowest BCUT2D eigenvalue weighted by Gasteiger charge is -2.12. The molecule has 0 N–H and O–H groups in total. The first-order valence-electron chi connectivity index (χ1n) is 19.0. The maximum absolute atomic E-state index is 5.17. The fourth-order valence-corrected chi connectivity index (χ4v) is 8.14. The third-order valence-electron chi connectivity index (χ3n) is 11.0. The van der Waals surface area contributed by atoms with Crippen molar-refractivity contribution >= 4 is 53.9 Å². The fraction of sp³-hybridized carbons (Fsp3) is 0. The lowest BCUT2D eigenvalue weighted by atomic mass is 9.97. The van der Waals surface area contributed by atoms with Crippen LogP contribution in [0.25, 0.3) is 110 Å². The maximum atomic E-state index is 5.17. The SMILES string of the molecule is c1ccc(-c2ccc3cc(-c4cccc(-c5nc(-c6ccc7c(ccc8ccccc87)c6)nc(-c6ccc7c(ccc8ccccc87)c6)n5)c4)ccc3c2)cc1. The minimum absolute atomic E-state index is 0.636. The molecule has 260 valence electrons. The van der Waals surface area contributed by atoms with Gasteiger partial charge in [-0.25, -0.2) is 15.0 Å². The standard InChI is InChI=1S/C53H33N3/c1-2-9-34(10-3-1)38-19-20-41-30-39(21-22-40(41)29-38)37-13-8-14-44(31-37)51-54-52(45-25-27-49-42(32-45)23-17-35-11-4-6-15-47(35)49)56-53(55-51)46-26-28-50-43(33-46)24-18-36-12-5-7-16-48(36)50/h1-33H. The van der Waals surface area contributed by atoms with Crippen molar-refractivity contribution in [2.24, 2.45) is 0 Å². The molecule has 0 spiro atoms. The molecule has 0 unspecified atom stereocenters. The number of benzene rings is 10. The minimum atomic E-state index is 0.636. The van der Waals surface area contributed by atoms with E-state index in [4.69, 9.17) is 15.0 Å². The van der Waals surface area contributed by atoms with E-state index in [-0.39, 0.29) is 0 Å². The molecule has 0 aliphatic heterocycles. The van der Waals surface area contributed by atoms with Gasteiger partial charge < -0.3 is 0 Å². The number of hydrogen-bond acceptors (Lipinski definition) is 3. The van der Waals surface area contributed by atoms with E-state index in [9.17, 15) is 0 Å². The second kappa shape index (κ2) is 13.1. The number of nitrogens with zero attached hydrogens (tertiary/aromatic N) is 3. The second-order valence-electron chi connectivity index (χ2n) is 14.5. The van der Waals surface area contributed by atoms with Crippen LogP contribution in [0.15, 0.2) is 200 Å². The van der Waals surface area contributed by atoms with Crippen molar-refractivity contribution in [2.75, 3.05) is 0 Å². The maximum Gasteiger partial charge on any atom is 0.164 e. The first-order valence-corrected chi connectivity index (χ1v) is 19.0. The minimum Gasteiger partial charge on any atom is -0.208 e. The first kappa shape index (κ1) is 32.0. The first-order chi connectivity index (χ1) is 27.7. The summed E-state index contributed by atoms with van der Waals surface area (Å²) in [6.45, 7) is 0. The molecule has 3 nitrogen and oxygen atoms in total. The van der Waals surface area contributed by atoms with Gasteiger partial charge in [0.15, 0.2) is 17.5 Å². The molecule has 10 aromatic carbocycles. The molecule has 11 rings (SSSR count). The highest BCUT2D eigenvalue weighted by Gasteiger charge is 2.15. The van der Waals surface area contributed by atoms with E-state index in [1.54, 1.807) is 0 Å². The Balaban J connectivity index is 1.04. The summed E-state index contributed by atoms with van der Waals surface area (Å²) in [4.78, 5) is 15.5. The van der Waals surface area contributed by atoms with E-state index >= 15 is 0 Å². The predicted molar refractivity (Wildman–Crippen MR) is 235 cm³/mol. The van der Waals surface area contributed by atoms with Crippen LogP contribution in [0.1, 0.15) is 0 Å². The van der Waals surface area contributed by atoms with Crippen molar-refractivity contribution < 1.29 is 0 Å². The Labute approximate surface area is 324 Å². The van der Waals surface area contributed by atoms with Gasteiger partial charge in [0.25, 0.3) is 0 Å². The highest BCUT2D eigenvalue weighted by atomic mass is 15.0. The molecule has 0 amide bonds. The monoisotopic (exact) mass is 711 g/mol. The lowest BCUT2D eigenvalue weighted by molar-refractivity contribution is 1.08. The van der Waals surface area contributed by atoms with Gasteiger partial charge in [-0.15, -0.1) is 0 Å². The molecule has 3 heteroatoms. The molecule has 0 saturated heterocycles. The topological polar surface area (TPSA) is 38.7 Å². The van der Waals surface area contributed by atoms with Gasteiger partial charge in [0.05, 0.1) is 0 Å². The van der Waals surface area contributed by atoms with Crippen LogP contribution < -0.4 is 0 Å². The summed E-state index contributed by atoms with van der Waals surface area (Å²) >= 11 is 0. The van der Waals surface area contributed by atoms with Gasteiger partial charge in [-0.1, -0.05) is 170 Å². The molecule has 0 aliphatic rings. The van der Waals surface area contributed by atoms with Gasteiger partial charge in [-0.2, -0.15) is 0 Å². The van der Waals surface area contributed by atoms with E-state index < -0.39 is 0 Å². The Hall–Kier alpha value is -7.49. The summed E-state index contributed by atoms with van der Waals surface area (Å²) < 4.78 is 0. The molecule has 0 fully saturated rings. The zero-order chi connectivity index (χ0) is 37.0. The van der Waals surface area contributed by atoms with Crippen LogP contribution in [0, 0.1) is 0 Å². The van der Waals surface area contributed by atoms with Crippen LogP contribution in [-0.2, 0) is 0 Å². The van der Waals surface area contributed by atoms with Crippen molar-refractivity contribution in [1.29, 1.82) is 0 Å². The molecule has 56 heavy (non-hydrogen) atoms. The smallest absolute Gasteiger partial charge is 0.164 e. The van der Waals surface area contributed by atoms with Crippen molar-refractivity contribution in [1.82, 2.24) is 15.0 Å². The zero-order valence-corrected chi connectivity index (χ0v) is 30.4. The third-order valence-corrected chi connectivity index (χ3v) is 11.0. The molecular weight excluding hydrogens is 679 g/mol. The van der Waals surface area contributed by atoms with E-state index in [0.29, 0.717) is 17.5 Å². The quantitative estimate of drug-likeness (QED) is 0.167. The summed E-state index contributed by atoms with van der Waals surface area (Å²) in [6, 6.07) is 71.3. The van der Waals surface area contributed by atoms with Crippen LogP contribution in [0.5, 0.6) is 0 Å². The molecule has 0 bridgehead atoms. The third kappa shape index (κ3) is 5.66. The Bertz CT molecular complexity index is 3180. The fourth-order valence-electron chi connectivity index (χ4n) is 8.14. The van der Waals surface area contributed by atoms with Crippen molar-refractivity contribution in [3.63, 3.8) is 0 Å². The summed E-state index contributed by atoms with van der Waals surface area (Å²) in [6.07, 6.45) is 0. The highest BCUT2D eigenvalue weighted by molar-refractivity contribution is 6.09. The van der Waals surface area contributed by atoms with Gasteiger partial charge >= 0.3 is 0 Å². The van der Waals surface area contributed by atoms with Gasteiger partial charge in [-0.05, 0) is 106 Å². The van der Waals surface area contributed by atoms with Crippen LogP contribution in [0.4, 0.5) is 0 Å². The van der Waals surface area contributed by atoms with Gasteiger partial charge in [0.1, 0.15) is 0 Å². The summed E-state index contributed by atoms with van der Waals surface area (Å²) in [7, 11) is 0. The molecule has 0 aliphatic carbocycles. The Kier molecular flexibility index (Phi) is 7.49. The molecule has 11 aromatic rings. The van der Waals surface area contributed by atoms with E-state index in [1.165, 1.54) is 54.2 Å². The Morgan fingerprint density at radius 1 is 0.196 bits per heavy atom. The van der Waals surface area contributed by atoms with Gasteiger partial charge in [0, 0.05) is 16.7 Å². The predicted octanol–water partition coefficient (Wildman–Crippen LogP) is 14.0. The van der Waals surface area contributed by atoms with Crippen molar-refractivity contribution in [3.05, 3.63) is 200 Å².